The van der Waals surface area contributed by atoms with Crippen LogP contribution in [0.2, 0.25) is 5.02 Å². The first kappa shape index (κ1) is 25.1. The summed E-state index contributed by atoms with van der Waals surface area (Å²) in [6.07, 6.45) is -6.01. The molecule has 6 atom stereocenters. The Labute approximate surface area is 192 Å². The molecule has 7 nitrogen and oxygen atoms in total. The van der Waals surface area contributed by atoms with Crippen molar-refractivity contribution in [2.24, 2.45) is 0 Å². The molecule has 176 valence electrons. The van der Waals surface area contributed by atoms with Gasteiger partial charge in [0.15, 0.2) is 0 Å². The molecule has 0 radical (unpaired) electrons. The Morgan fingerprint density at radius 2 is 1.72 bits per heavy atom. The van der Waals surface area contributed by atoms with Crippen LogP contribution in [0.5, 0.6) is 11.5 Å². The van der Waals surface area contributed by atoms with E-state index in [2.05, 4.69) is 0 Å². The number of hydrogen-bond donors (Lipinski definition) is 4. The molecule has 2 aromatic rings. The number of aliphatic hydroxyl groups excluding tert-OH is 3. The number of benzene rings is 2. The Balaban J connectivity index is 1.59. The number of rotatable bonds is 9. The van der Waals surface area contributed by atoms with Crippen molar-refractivity contribution in [3.8, 4) is 11.5 Å². The molecule has 1 fully saturated rings. The van der Waals surface area contributed by atoms with E-state index >= 15 is 0 Å². The van der Waals surface area contributed by atoms with E-state index in [9.17, 15) is 24.6 Å². The normalized spacial score (nSPS) is 26.5. The Kier molecular flexibility index (Phi) is 9.08. The van der Waals surface area contributed by atoms with Crippen molar-refractivity contribution in [1.29, 1.82) is 0 Å². The summed E-state index contributed by atoms with van der Waals surface area (Å²) in [7, 11) is -1.64. The molecule has 10 heteroatoms. The highest BCUT2D eigenvalue weighted by atomic mass is 35.5. The lowest BCUT2D eigenvalue weighted by atomic mass is 9.97. The fourth-order valence-electron chi connectivity index (χ4n) is 3.39. The Morgan fingerprint density at radius 3 is 2.38 bits per heavy atom. The van der Waals surface area contributed by atoms with E-state index in [1.54, 1.807) is 30.3 Å². The molecule has 3 rings (SSSR count). The largest absolute Gasteiger partial charge is 0.494 e. The molecule has 2 aromatic carbocycles. The van der Waals surface area contributed by atoms with Crippen LogP contribution in [0.15, 0.2) is 42.5 Å². The van der Waals surface area contributed by atoms with Gasteiger partial charge in [0.1, 0.15) is 35.6 Å². The summed E-state index contributed by atoms with van der Waals surface area (Å²) in [4.78, 5) is 10.4. The van der Waals surface area contributed by atoms with Gasteiger partial charge in [-0.1, -0.05) is 17.7 Å². The van der Waals surface area contributed by atoms with E-state index in [4.69, 9.17) is 25.8 Å². The van der Waals surface area contributed by atoms with Gasteiger partial charge in [0.05, 0.1) is 12.7 Å². The van der Waals surface area contributed by atoms with E-state index in [0.717, 1.165) is 0 Å². The van der Waals surface area contributed by atoms with Gasteiger partial charge in [-0.2, -0.15) is 0 Å². The standard InChI is InChI=1S/C22H27ClFO7P/c1-2-29-13-6-8-14(9-7-13)30-22-21(27)20(26)19(25)18(31-22)10-11-32(28)12-15-16(23)4-3-5-17(15)24/h3-9,18-22,25-28H,2,10-12H2,1H3/t18?,19-,20?,21?,22+,32?/m1/s1. The summed E-state index contributed by atoms with van der Waals surface area (Å²) in [5.41, 5.74) is 0.236. The van der Waals surface area contributed by atoms with Crippen molar-refractivity contribution in [3.63, 3.8) is 0 Å². The third-order valence-electron chi connectivity index (χ3n) is 5.13. The first-order valence-electron chi connectivity index (χ1n) is 10.3. The van der Waals surface area contributed by atoms with Crippen LogP contribution in [0.1, 0.15) is 18.9 Å². The summed E-state index contributed by atoms with van der Waals surface area (Å²) in [6, 6.07) is 11.0. The SMILES string of the molecule is CCOc1ccc(O[C@H]2OC(CCP(O)Cc3c(F)cccc3Cl)[C@@H](O)C(O)C2O)cc1. The first-order valence-corrected chi connectivity index (χ1v) is 12.3. The van der Waals surface area contributed by atoms with Crippen molar-refractivity contribution in [3.05, 3.63) is 58.9 Å². The van der Waals surface area contributed by atoms with Crippen LogP contribution in [0.4, 0.5) is 4.39 Å². The minimum atomic E-state index is -1.64. The summed E-state index contributed by atoms with van der Waals surface area (Å²) in [6.45, 7) is 2.39. The van der Waals surface area contributed by atoms with Crippen LogP contribution in [0, 0.1) is 5.82 Å². The zero-order chi connectivity index (χ0) is 23.3. The number of hydrogen-bond acceptors (Lipinski definition) is 7. The predicted molar refractivity (Wildman–Crippen MR) is 119 cm³/mol. The van der Waals surface area contributed by atoms with Crippen molar-refractivity contribution in [1.82, 2.24) is 0 Å². The van der Waals surface area contributed by atoms with Crippen LogP contribution < -0.4 is 9.47 Å². The maximum Gasteiger partial charge on any atom is 0.229 e. The molecule has 32 heavy (non-hydrogen) atoms. The van der Waals surface area contributed by atoms with Crippen LogP contribution in [0.3, 0.4) is 0 Å². The van der Waals surface area contributed by atoms with Gasteiger partial charge >= 0.3 is 0 Å². The van der Waals surface area contributed by atoms with Gasteiger partial charge in [0, 0.05) is 24.9 Å². The van der Waals surface area contributed by atoms with E-state index in [1.807, 2.05) is 6.92 Å². The van der Waals surface area contributed by atoms with Gasteiger partial charge in [-0.05, 0) is 55.9 Å². The molecule has 4 N–H and O–H groups in total. The molecule has 1 aliphatic heterocycles. The van der Waals surface area contributed by atoms with Gasteiger partial charge in [0.2, 0.25) is 6.29 Å². The fourth-order valence-corrected chi connectivity index (χ4v) is 5.11. The predicted octanol–water partition coefficient (Wildman–Crippen LogP) is 3.04. The molecule has 0 amide bonds. The summed E-state index contributed by atoms with van der Waals surface area (Å²) < 4.78 is 30.7. The highest BCUT2D eigenvalue weighted by Gasteiger charge is 2.44. The van der Waals surface area contributed by atoms with Gasteiger partial charge < -0.3 is 34.4 Å². The summed E-state index contributed by atoms with van der Waals surface area (Å²) in [5.74, 6) is 0.554. The maximum absolute atomic E-state index is 14.0. The molecule has 4 unspecified atom stereocenters. The summed E-state index contributed by atoms with van der Waals surface area (Å²) in [5, 5.41) is 31.1. The maximum atomic E-state index is 14.0. The zero-order valence-electron chi connectivity index (χ0n) is 17.5. The van der Waals surface area contributed by atoms with Gasteiger partial charge in [-0.25, -0.2) is 4.39 Å². The minimum Gasteiger partial charge on any atom is -0.494 e. The fraction of sp³-hybridized carbons (Fsp3) is 0.455. The molecule has 0 aromatic heterocycles. The number of halogens is 2. The average Bonchev–Trinajstić information content (AvgIpc) is 2.77. The minimum absolute atomic E-state index is 0.0565. The van der Waals surface area contributed by atoms with Crippen LogP contribution in [-0.2, 0) is 10.9 Å². The zero-order valence-corrected chi connectivity index (χ0v) is 19.1. The molecular weight excluding hydrogens is 462 g/mol. The highest BCUT2D eigenvalue weighted by molar-refractivity contribution is 7.50. The average molecular weight is 489 g/mol. The van der Waals surface area contributed by atoms with E-state index in [1.165, 1.54) is 12.1 Å². The second-order valence-corrected chi connectivity index (χ2v) is 9.60. The van der Waals surface area contributed by atoms with Crippen molar-refractivity contribution in [2.75, 3.05) is 12.8 Å². The van der Waals surface area contributed by atoms with Gasteiger partial charge in [-0.15, -0.1) is 0 Å². The lowest BCUT2D eigenvalue weighted by molar-refractivity contribution is -0.272. The number of aliphatic hydroxyl groups is 3. The lowest BCUT2D eigenvalue weighted by Gasteiger charge is -2.40. The quantitative estimate of drug-likeness (QED) is 0.402. The van der Waals surface area contributed by atoms with Crippen LogP contribution in [-0.4, -0.2) is 63.7 Å². The van der Waals surface area contributed by atoms with E-state index in [0.29, 0.717) is 18.1 Å². The van der Waals surface area contributed by atoms with Gasteiger partial charge in [-0.3, -0.25) is 0 Å². The molecule has 0 aliphatic carbocycles. The second kappa shape index (κ2) is 11.6. The highest BCUT2D eigenvalue weighted by Crippen LogP contribution is 2.40. The molecule has 0 bridgehead atoms. The van der Waals surface area contributed by atoms with Crippen molar-refractivity contribution < 1.29 is 38.8 Å². The van der Waals surface area contributed by atoms with Crippen LogP contribution in [0.25, 0.3) is 0 Å². The monoisotopic (exact) mass is 488 g/mol. The molecule has 1 saturated heterocycles. The third-order valence-corrected chi connectivity index (χ3v) is 6.94. The van der Waals surface area contributed by atoms with E-state index in [-0.39, 0.29) is 29.3 Å². The third kappa shape index (κ3) is 6.29. The van der Waals surface area contributed by atoms with Crippen LogP contribution >= 0.6 is 19.7 Å². The van der Waals surface area contributed by atoms with Gasteiger partial charge in [0.25, 0.3) is 0 Å². The summed E-state index contributed by atoms with van der Waals surface area (Å²) >= 11 is 6.01. The molecular formula is C22H27ClFO7P. The van der Waals surface area contributed by atoms with E-state index < -0.39 is 44.7 Å². The second-order valence-electron chi connectivity index (χ2n) is 7.41. The van der Waals surface area contributed by atoms with Crippen molar-refractivity contribution in [2.45, 2.75) is 50.2 Å². The topological polar surface area (TPSA) is 109 Å². The molecule has 1 aliphatic rings. The Morgan fingerprint density at radius 1 is 1.03 bits per heavy atom. The smallest absolute Gasteiger partial charge is 0.229 e. The molecule has 0 saturated carbocycles. The lowest BCUT2D eigenvalue weighted by Crippen LogP contribution is -2.59. The van der Waals surface area contributed by atoms with Crippen molar-refractivity contribution >= 4 is 19.7 Å². The number of ether oxygens (including phenoxy) is 3. The molecule has 1 heterocycles. The first-order chi connectivity index (χ1) is 15.3. The Hall–Kier alpha value is -1.51. The molecule has 0 spiro atoms. The Bertz CT molecular complexity index is 852.